The molecular formula is C23H25N5O3. The first kappa shape index (κ1) is 20.6. The first-order chi connectivity index (χ1) is 15.0. The van der Waals surface area contributed by atoms with Gasteiger partial charge in [-0.1, -0.05) is 19.1 Å². The van der Waals surface area contributed by atoms with Crippen LogP contribution in [0.15, 0.2) is 53.7 Å². The summed E-state index contributed by atoms with van der Waals surface area (Å²) in [6.45, 7) is 2.28. The predicted octanol–water partition coefficient (Wildman–Crippen LogP) is 3.62. The molecule has 1 saturated carbocycles. The Morgan fingerprint density at radius 2 is 2.03 bits per heavy atom. The summed E-state index contributed by atoms with van der Waals surface area (Å²) in [4.78, 5) is 35.8. The van der Waals surface area contributed by atoms with E-state index in [-0.39, 0.29) is 28.7 Å². The number of aromatic nitrogens is 3. The van der Waals surface area contributed by atoms with Crippen LogP contribution in [0.4, 0.5) is 11.5 Å². The molecule has 0 bridgehead atoms. The molecule has 2 aromatic heterocycles. The van der Waals surface area contributed by atoms with Crippen molar-refractivity contribution in [3.05, 3.63) is 64.8 Å². The number of hydrogen-bond acceptors (Lipinski definition) is 6. The van der Waals surface area contributed by atoms with Gasteiger partial charge in [-0.3, -0.25) is 9.59 Å². The average Bonchev–Trinajstić information content (AvgIpc) is 2.77. The number of benzene rings is 1. The lowest BCUT2D eigenvalue weighted by Crippen LogP contribution is -2.23. The number of rotatable bonds is 5. The minimum atomic E-state index is -0.604. The number of amides is 1. The molecule has 1 aliphatic carbocycles. The van der Waals surface area contributed by atoms with E-state index in [2.05, 4.69) is 27.2 Å². The maximum absolute atomic E-state index is 12.7. The van der Waals surface area contributed by atoms with E-state index in [9.17, 15) is 9.59 Å². The highest BCUT2D eigenvalue weighted by molar-refractivity contribution is 6.05. The van der Waals surface area contributed by atoms with Crippen molar-refractivity contribution in [2.45, 2.75) is 38.7 Å². The molecule has 31 heavy (non-hydrogen) atoms. The first-order valence-corrected chi connectivity index (χ1v) is 10.4. The van der Waals surface area contributed by atoms with Gasteiger partial charge in [-0.05, 0) is 43.7 Å². The average molecular weight is 419 g/mol. The second-order valence-corrected chi connectivity index (χ2v) is 7.89. The van der Waals surface area contributed by atoms with E-state index < -0.39 is 5.91 Å². The van der Waals surface area contributed by atoms with Gasteiger partial charge >= 0.3 is 0 Å². The van der Waals surface area contributed by atoms with Crippen molar-refractivity contribution < 1.29 is 9.53 Å². The van der Waals surface area contributed by atoms with Gasteiger partial charge in [-0.2, -0.15) is 0 Å². The van der Waals surface area contributed by atoms with Gasteiger partial charge in [0.05, 0.1) is 18.0 Å². The lowest BCUT2D eigenvalue weighted by atomic mass is 9.89. The van der Waals surface area contributed by atoms with Crippen LogP contribution in [-0.4, -0.2) is 27.0 Å². The number of aromatic amines is 1. The van der Waals surface area contributed by atoms with Crippen molar-refractivity contribution in [3.8, 4) is 17.0 Å². The maximum atomic E-state index is 12.7. The molecule has 1 amide bonds. The van der Waals surface area contributed by atoms with Crippen molar-refractivity contribution >= 4 is 17.4 Å². The molecule has 0 aliphatic heterocycles. The summed E-state index contributed by atoms with van der Waals surface area (Å²) in [5, 5.41) is 2.53. The summed E-state index contributed by atoms with van der Waals surface area (Å²) in [6.07, 6.45) is 9.08. The number of carbonyl (C=O) groups excluding carboxylic acids is 1. The summed E-state index contributed by atoms with van der Waals surface area (Å²) in [6, 6.07) is 8.89. The standard InChI is InChI=1S/C23H25N5O3/c1-14-5-7-16(8-6-14)31-17-4-2-3-15(11-17)18-13-26-22(24)21(27-18)23(30)28-19-12-25-10-9-20(19)29/h2-4,9-14,16H,5-8H2,1H3,(H2,24,26)(H,25,29)(H,28,30). The van der Waals surface area contributed by atoms with Crippen molar-refractivity contribution in [3.63, 3.8) is 0 Å². The van der Waals surface area contributed by atoms with E-state index in [1.807, 2.05) is 24.3 Å². The lowest BCUT2D eigenvalue weighted by molar-refractivity contribution is 0.102. The van der Waals surface area contributed by atoms with Gasteiger partial charge in [0.1, 0.15) is 11.4 Å². The fourth-order valence-corrected chi connectivity index (χ4v) is 3.67. The van der Waals surface area contributed by atoms with Crippen LogP contribution < -0.4 is 21.2 Å². The molecular weight excluding hydrogens is 394 g/mol. The number of anilines is 2. The third kappa shape index (κ3) is 4.91. The smallest absolute Gasteiger partial charge is 0.278 e. The quantitative estimate of drug-likeness (QED) is 0.580. The molecule has 2 heterocycles. The van der Waals surface area contributed by atoms with Gasteiger partial charge < -0.3 is 20.8 Å². The van der Waals surface area contributed by atoms with Crippen LogP contribution in [0.5, 0.6) is 5.75 Å². The van der Waals surface area contributed by atoms with Crippen LogP contribution >= 0.6 is 0 Å². The third-order valence-electron chi connectivity index (χ3n) is 5.48. The largest absolute Gasteiger partial charge is 0.490 e. The highest BCUT2D eigenvalue weighted by Gasteiger charge is 2.20. The number of carbonyl (C=O) groups is 1. The fraction of sp³-hybridized carbons (Fsp3) is 0.304. The number of pyridine rings is 1. The van der Waals surface area contributed by atoms with Crippen LogP contribution in [0.25, 0.3) is 11.3 Å². The Morgan fingerprint density at radius 3 is 2.81 bits per heavy atom. The minimum Gasteiger partial charge on any atom is -0.490 e. The minimum absolute atomic E-state index is 0.0164. The van der Waals surface area contributed by atoms with Gasteiger partial charge in [-0.25, -0.2) is 9.97 Å². The molecule has 0 radical (unpaired) electrons. The van der Waals surface area contributed by atoms with Crippen LogP contribution in [0.1, 0.15) is 43.1 Å². The molecule has 160 valence electrons. The van der Waals surface area contributed by atoms with Gasteiger partial charge in [0, 0.05) is 24.0 Å². The number of nitrogens with zero attached hydrogens (tertiary/aromatic N) is 2. The van der Waals surface area contributed by atoms with E-state index in [1.165, 1.54) is 37.5 Å². The molecule has 4 rings (SSSR count). The SMILES string of the molecule is CC1CCC(Oc2cccc(-c3cnc(N)c(C(=O)Nc4c[nH]ccc4=O)n3)c2)CC1. The van der Waals surface area contributed by atoms with Crippen LogP contribution in [-0.2, 0) is 0 Å². The molecule has 1 aromatic carbocycles. The third-order valence-corrected chi connectivity index (χ3v) is 5.48. The predicted molar refractivity (Wildman–Crippen MR) is 119 cm³/mol. The Labute approximate surface area is 179 Å². The summed E-state index contributed by atoms with van der Waals surface area (Å²) in [5.41, 5.74) is 6.87. The molecule has 0 spiro atoms. The Balaban J connectivity index is 1.54. The second-order valence-electron chi connectivity index (χ2n) is 7.89. The highest BCUT2D eigenvalue weighted by atomic mass is 16.5. The Bertz CT molecular complexity index is 1140. The molecule has 8 heteroatoms. The zero-order valence-electron chi connectivity index (χ0n) is 17.3. The molecule has 0 unspecified atom stereocenters. The van der Waals surface area contributed by atoms with Crippen molar-refractivity contribution in [2.24, 2.45) is 5.92 Å². The van der Waals surface area contributed by atoms with Gasteiger partial charge in [0.2, 0.25) is 5.43 Å². The zero-order valence-corrected chi connectivity index (χ0v) is 17.3. The number of hydrogen-bond donors (Lipinski definition) is 3. The summed E-state index contributed by atoms with van der Waals surface area (Å²) in [7, 11) is 0. The number of nitrogens with two attached hydrogens (primary N) is 1. The number of nitrogens with one attached hydrogen (secondary N) is 2. The number of ether oxygens (including phenoxy) is 1. The van der Waals surface area contributed by atoms with Crippen molar-refractivity contribution in [1.82, 2.24) is 15.0 Å². The monoisotopic (exact) mass is 419 g/mol. The van der Waals surface area contributed by atoms with E-state index in [0.29, 0.717) is 5.69 Å². The molecule has 0 atom stereocenters. The normalized spacial score (nSPS) is 18.4. The van der Waals surface area contributed by atoms with E-state index in [0.717, 1.165) is 30.1 Å². The first-order valence-electron chi connectivity index (χ1n) is 10.4. The van der Waals surface area contributed by atoms with Gasteiger partial charge in [0.15, 0.2) is 11.5 Å². The molecule has 4 N–H and O–H groups in total. The zero-order chi connectivity index (χ0) is 21.8. The van der Waals surface area contributed by atoms with Crippen LogP contribution in [0.2, 0.25) is 0 Å². The van der Waals surface area contributed by atoms with Crippen LogP contribution in [0, 0.1) is 5.92 Å². The van der Waals surface area contributed by atoms with Gasteiger partial charge in [-0.15, -0.1) is 0 Å². The topological polar surface area (TPSA) is 123 Å². The Kier molecular flexibility index (Phi) is 5.97. The van der Waals surface area contributed by atoms with Crippen molar-refractivity contribution in [2.75, 3.05) is 11.1 Å². The fourth-order valence-electron chi connectivity index (χ4n) is 3.67. The second kappa shape index (κ2) is 8.99. The van der Waals surface area contributed by atoms with Crippen LogP contribution in [0.3, 0.4) is 0 Å². The van der Waals surface area contributed by atoms with Crippen molar-refractivity contribution in [1.29, 1.82) is 0 Å². The maximum Gasteiger partial charge on any atom is 0.278 e. The lowest BCUT2D eigenvalue weighted by Gasteiger charge is -2.27. The van der Waals surface area contributed by atoms with E-state index >= 15 is 0 Å². The number of nitrogen functional groups attached to an aromatic ring is 1. The molecule has 0 saturated heterocycles. The van der Waals surface area contributed by atoms with E-state index in [1.54, 1.807) is 0 Å². The summed E-state index contributed by atoms with van der Waals surface area (Å²) in [5.74, 6) is 0.898. The molecule has 8 nitrogen and oxygen atoms in total. The summed E-state index contributed by atoms with van der Waals surface area (Å²) >= 11 is 0. The van der Waals surface area contributed by atoms with Gasteiger partial charge in [0.25, 0.3) is 5.91 Å². The van der Waals surface area contributed by atoms with E-state index in [4.69, 9.17) is 10.5 Å². The molecule has 1 fully saturated rings. The highest BCUT2D eigenvalue weighted by Crippen LogP contribution is 2.29. The molecule has 1 aliphatic rings. The molecule has 3 aromatic rings. The Hall–Kier alpha value is -3.68. The Morgan fingerprint density at radius 1 is 1.23 bits per heavy atom. The number of H-pyrrole nitrogens is 1. The summed E-state index contributed by atoms with van der Waals surface area (Å²) < 4.78 is 6.17.